The lowest BCUT2D eigenvalue weighted by molar-refractivity contribution is 0.628. The second kappa shape index (κ2) is 5.01. The van der Waals surface area contributed by atoms with Crippen molar-refractivity contribution in [2.75, 3.05) is 5.32 Å². The van der Waals surface area contributed by atoms with E-state index in [2.05, 4.69) is 11.4 Å². The van der Waals surface area contributed by atoms with Crippen molar-refractivity contribution in [2.24, 2.45) is 0 Å². The van der Waals surface area contributed by atoms with Crippen LogP contribution in [0, 0.1) is 11.3 Å². The van der Waals surface area contributed by atoms with E-state index in [9.17, 15) is 5.26 Å². The van der Waals surface area contributed by atoms with Crippen molar-refractivity contribution in [3.8, 4) is 6.07 Å². The van der Waals surface area contributed by atoms with Crippen molar-refractivity contribution in [3.63, 3.8) is 0 Å². The zero-order valence-corrected chi connectivity index (χ0v) is 12.2. The van der Waals surface area contributed by atoms with Crippen molar-refractivity contribution in [1.29, 1.82) is 5.26 Å². The van der Waals surface area contributed by atoms with Crippen LogP contribution in [0.4, 0.5) is 5.69 Å². The lowest BCUT2D eigenvalue weighted by atomic mass is 9.97. The van der Waals surface area contributed by atoms with Gasteiger partial charge in [-0.2, -0.15) is 5.26 Å². The Morgan fingerprint density at radius 2 is 1.75 bits per heavy atom. The largest absolute Gasteiger partial charge is 0.367 e. The zero-order chi connectivity index (χ0) is 14.2. The highest BCUT2D eigenvalue weighted by Crippen LogP contribution is 2.34. The monoisotopic (exact) mass is 302 g/mol. The van der Waals surface area contributed by atoms with E-state index in [1.807, 2.05) is 42.5 Å². The molecule has 3 rings (SSSR count). The summed E-state index contributed by atoms with van der Waals surface area (Å²) in [5.41, 5.74) is 2.54. The first-order chi connectivity index (χ1) is 9.60. The predicted molar refractivity (Wildman–Crippen MR) is 82.3 cm³/mol. The molecule has 1 atom stereocenters. The molecule has 2 aromatic carbocycles. The molecule has 0 bridgehead atoms. The molecule has 0 aliphatic heterocycles. The first-order valence-corrected chi connectivity index (χ1v) is 7.08. The molecule has 0 aromatic heterocycles. The maximum atomic E-state index is 9.61. The van der Waals surface area contributed by atoms with Gasteiger partial charge in [-0.05, 0) is 41.5 Å². The Morgan fingerprint density at radius 1 is 1.00 bits per heavy atom. The van der Waals surface area contributed by atoms with Crippen LogP contribution in [0.1, 0.15) is 11.1 Å². The molecule has 0 fully saturated rings. The van der Waals surface area contributed by atoms with Gasteiger partial charge in [0.2, 0.25) is 0 Å². The number of nitriles is 1. The fraction of sp³-hybridized carbons (Fsp3) is 0.188. The summed E-state index contributed by atoms with van der Waals surface area (Å²) in [6.07, 6.45) is 1.31. The highest BCUT2D eigenvalue weighted by Gasteiger charge is 2.37. The van der Waals surface area contributed by atoms with E-state index in [-0.39, 0.29) is 0 Å². The summed E-state index contributed by atoms with van der Waals surface area (Å²) >= 11 is 12.0. The molecular formula is C16H12Cl2N2. The standard InChI is InChI=1S/C16H12Cl2N2/c17-13-2-1-3-15(7-13)20-16(10-19)8-11-4-5-14(18)6-12(11)9-16/h1-7,20H,8-9H2. The molecule has 1 N–H and O–H groups in total. The summed E-state index contributed by atoms with van der Waals surface area (Å²) in [5.74, 6) is 0. The number of fused-ring (bicyclic) bond motifs is 1. The Kier molecular flexibility index (Phi) is 3.33. The van der Waals surface area contributed by atoms with E-state index in [0.29, 0.717) is 22.9 Å². The maximum Gasteiger partial charge on any atom is 0.133 e. The Balaban J connectivity index is 1.90. The Bertz CT molecular complexity index is 706. The van der Waals surface area contributed by atoms with Gasteiger partial charge in [0.05, 0.1) is 6.07 Å². The quantitative estimate of drug-likeness (QED) is 0.888. The van der Waals surface area contributed by atoms with Gasteiger partial charge in [0.15, 0.2) is 0 Å². The van der Waals surface area contributed by atoms with E-state index >= 15 is 0 Å². The zero-order valence-electron chi connectivity index (χ0n) is 10.7. The van der Waals surface area contributed by atoms with E-state index in [4.69, 9.17) is 23.2 Å². The molecule has 1 aliphatic carbocycles. The van der Waals surface area contributed by atoms with Gasteiger partial charge >= 0.3 is 0 Å². The number of nitrogens with zero attached hydrogens (tertiary/aromatic N) is 1. The third-order valence-corrected chi connectivity index (χ3v) is 4.05. The molecule has 0 spiro atoms. The number of hydrogen-bond donors (Lipinski definition) is 1. The third-order valence-electron chi connectivity index (χ3n) is 3.58. The minimum absolute atomic E-state index is 0.627. The summed E-state index contributed by atoms with van der Waals surface area (Å²) < 4.78 is 0. The SMILES string of the molecule is N#CC1(Nc2cccc(Cl)c2)Cc2ccc(Cl)cc2C1. The highest BCUT2D eigenvalue weighted by molar-refractivity contribution is 6.31. The number of rotatable bonds is 2. The summed E-state index contributed by atoms with van der Waals surface area (Å²) in [6.45, 7) is 0. The van der Waals surface area contributed by atoms with Gasteiger partial charge in [-0.3, -0.25) is 0 Å². The summed E-state index contributed by atoms with van der Waals surface area (Å²) in [7, 11) is 0. The van der Waals surface area contributed by atoms with Crippen LogP contribution in [0.5, 0.6) is 0 Å². The molecule has 0 saturated heterocycles. The molecule has 0 amide bonds. The van der Waals surface area contributed by atoms with Crippen molar-refractivity contribution >= 4 is 28.9 Å². The van der Waals surface area contributed by atoms with E-state index in [1.165, 1.54) is 5.56 Å². The number of benzene rings is 2. The van der Waals surface area contributed by atoms with Crippen molar-refractivity contribution in [1.82, 2.24) is 0 Å². The highest BCUT2D eigenvalue weighted by atomic mass is 35.5. The van der Waals surface area contributed by atoms with Crippen LogP contribution in [-0.4, -0.2) is 5.54 Å². The first-order valence-electron chi connectivity index (χ1n) is 6.33. The molecule has 0 saturated carbocycles. The number of hydrogen-bond acceptors (Lipinski definition) is 2. The maximum absolute atomic E-state index is 9.61. The molecule has 1 aliphatic rings. The molecule has 2 nitrogen and oxygen atoms in total. The molecular weight excluding hydrogens is 291 g/mol. The van der Waals surface area contributed by atoms with Crippen LogP contribution in [0.3, 0.4) is 0 Å². The molecule has 1 unspecified atom stereocenters. The average Bonchev–Trinajstić information content (AvgIpc) is 2.76. The van der Waals surface area contributed by atoms with E-state index in [1.54, 1.807) is 0 Å². The van der Waals surface area contributed by atoms with Crippen LogP contribution in [-0.2, 0) is 12.8 Å². The smallest absolute Gasteiger partial charge is 0.133 e. The first kappa shape index (κ1) is 13.3. The Hall–Kier alpha value is -1.69. The second-order valence-corrected chi connectivity index (χ2v) is 5.97. The van der Waals surface area contributed by atoms with Gasteiger partial charge in [0, 0.05) is 28.6 Å². The molecule has 0 radical (unpaired) electrons. The van der Waals surface area contributed by atoms with E-state index in [0.717, 1.165) is 11.3 Å². The van der Waals surface area contributed by atoms with Crippen molar-refractivity contribution in [3.05, 3.63) is 63.6 Å². The molecule has 2 aromatic rings. The van der Waals surface area contributed by atoms with Gasteiger partial charge < -0.3 is 5.32 Å². The molecule has 4 heteroatoms. The molecule has 100 valence electrons. The van der Waals surface area contributed by atoms with Crippen LogP contribution in [0.25, 0.3) is 0 Å². The van der Waals surface area contributed by atoms with Crippen LogP contribution in [0.2, 0.25) is 10.0 Å². The van der Waals surface area contributed by atoms with Gasteiger partial charge in [-0.1, -0.05) is 35.3 Å². The number of halogens is 2. The number of nitrogens with one attached hydrogen (secondary N) is 1. The van der Waals surface area contributed by atoms with Crippen LogP contribution >= 0.6 is 23.2 Å². The normalized spacial score (nSPS) is 20.2. The average molecular weight is 303 g/mol. The summed E-state index contributed by atoms with van der Waals surface area (Å²) in [5, 5.41) is 14.3. The number of anilines is 1. The molecule has 0 heterocycles. The fourth-order valence-electron chi connectivity index (χ4n) is 2.68. The molecule has 20 heavy (non-hydrogen) atoms. The van der Waals surface area contributed by atoms with Gasteiger partial charge in [-0.15, -0.1) is 0 Å². The van der Waals surface area contributed by atoms with Crippen molar-refractivity contribution in [2.45, 2.75) is 18.4 Å². The van der Waals surface area contributed by atoms with E-state index < -0.39 is 5.54 Å². The van der Waals surface area contributed by atoms with Crippen LogP contribution in [0.15, 0.2) is 42.5 Å². The lowest BCUT2D eigenvalue weighted by Gasteiger charge is -2.23. The Morgan fingerprint density at radius 3 is 2.50 bits per heavy atom. The minimum Gasteiger partial charge on any atom is -0.367 e. The third kappa shape index (κ3) is 2.47. The van der Waals surface area contributed by atoms with Gasteiger partial charge in [-0.25, -0.2) is 0 Å². The van der Waals surface area contributed by atoms with Crippen LogP contribution < -0.4 is 5.32 Å². The van der Waals surface area contributed by atoms with Crippen molar-refractivity contribution < 1.29 is 0 Å². The topological polar surface area (TPSA) is 35.8 Å². The minimum atomic E-state index is -0.627. The fourth-order valence-corrected chi connectivity index (χ4v) is 3.07. The summed E-state index contributed by atoms with van der Waals surface area (Å²) in [6, 6.07) is 15.7. The second-order valence-electron chi connectivity index (χ2n) is 5.10. The summed E-state index contributed by atoms with van der Waals surface area (Å²) in [4.78, 5) is 0. The lowest BCUT2D eigenvalue weighted by Crippen LogP contribution is -2.37. The van der Waals surface area contributed by atoms with Gasteiger partial charge in [0.1, 0.15) is 5.54 Å². The van der Waals surface area contributed by atoms with Gasteiger partial charge in [0.25, 0.3) is 0 Å². The predicted octanol–water partition coefficient (Wildman–Crippen LogP) is 4.47. The Labute approximate surface area is 127 Å².